The van der Waals surface area contributed by atoms with Gasteiger partial charge in [0.2, 0.25) is 10.0 Å². The van der Waals surface area contributed by atoms with Gasteiger partial charge < -0.3 is 5.32 Å². The van der Waals surface area contributed by atoms with Crippen LogP contribution in [-0.4, -0.2) is 46.3 Å². The topological polar surface area (TPSA) is 97.2 Å². The zero-order valence-corrected chi connectivity index (χ0v) is 19.1. The maximum absolute atomic E-state index is 13.0. The lowest BCUT2D eigenvalue weighted by Crippen LogP contribution is -2.35. The van der Waals surface area contributed by atoms with Gasteiger partial charge in [0.25, 0.3) is 5.91 Å². The third-order valence-corrected chi connectivity index (χ3v) is 7.64. The fourth-order valence-corrected chi connectivity index (χ4v) is 5.37. The van der Waals surface area contributed by atoms with E-state index in [2.05, 4.69) is 15.3 Å². The highest BCUT2D eigenvalue weighted by molar-refractivity contribution is 7.89. The summed E-state index contributed by atoms with van der Waals surface area (Å²) in [5.74, 6) is 1.28. The zero-order valence-electron chi connectivity index (χ0n) is 18.3. The molecule has 0 radical (unpaired) electrons. The van der Waals surface area contributed by atoms with Gasteiger partial charge in [-0.3, -0.25) is 9.36 Å². The molecule has 3 heterocycles. The number of aromatic nitrogens is 3. The van der Waals surface area contributed by atoms with E-state index >= 15 is 0 Å². The van der Waals surface area contributed by atoms with Gasteiger partial charge in [-0.25, -0.2) is 18.4 Å². The highest BCUT2D eigenvalue weighted by atomic mass is 32.2. The molecule has 0 atom stereocenters. The minimum absolute atomic E-state index is 0.164. The summed E-state index contributed by atoms with van der Waals surface area (Å²) in [6.45, 7) is 5.05. The number of imidazole rings is 1. The molecule has 9 heteroatoms. The Bertz CT molecular complexity index is 1210. The lowest BCUT2D eigenvalue weighted by atomic mass is 10.1. The first-order valence-electron chi connectivity index (χ1n) is 10.7. The van der Waals surface area contributed by atoms with Gasteiger partial charge in [-0.05, 0) is 56.0 Å². The van der Waals surface area contributed by atoms with Crippen molar-refractivity contribution >= 4 is 15.9 Å². The number of carbonyl (C=O) groups is 1. The van der Waals surface area contributed by atoms with Crippen molar-refractivity contribution in [1.82, 2.24) is 24.2 Å². The Morgan fingerprint density at radius 3 is 2.50 bits per heavy atom. The van der Waals surface area contributed by atoms with Crippen molar-refractivity contribution in [1.29, 1.82) is 0 Å². The standard InChI is InChI=1S/C23H27N5O3S/c1-17-6-8-20(32(30,31)27-11-4-3-5-12-27)14-21(17)23(29)26-16-19-7-9-22(25-15-19)28-13-10-24-18(28)2/h6-10,13-15H,3-5,11-12,16H2,1-2H3,(H,26,29). The quantitative estimate of drug-likeness (QED) is 0.619. The third-order valence-electron chi connectivity index (χ3n) is 5.74. The third kappa shape index (κ3) is 4.58. The van der Waals surface area contributed by atoms with Crippen molar-refractivity contribution in [3.05, 3.63) is 71.4 Å². The Hall–Kier alpha value is -3.04. The maximum atomic E-state index is 13.0. The highest BCUT2D eigenvalue weighted by Crippen LogP contribution is 2.23. The molecule has 0 unspecified atom stereocenters. The molecule has 0 bridgehead atoms. The van der Waals surface area contributed by atoms with Gasteiger partial charge >= 0.3 is 0 Å². The van der Waals surface area contributed by atoms with E-state index in [-0.39, 0.29) is 17.3 Å². The Balaban J connectivity index is 1.46. The second kappa shape index (κ2) is 9.22. The van der Waals surface area contributed by atoms with Crippen LogP contribution in [0.1, 0.15) is 46.6 Å². The van der Waals surface area contributed by atoms with Gasteiger partial charge in [-0.1, -0.05) is 18.6 Å². The van der Waals surface area contributed by atoms with Crippen molar-refractivity contribution in [2.75, 3.05) is 13.1 Å². The summed E-state index contributed by atoms with van der Waals surface area (Å²) in [5, 5.41) is 2.87. The van der Waals surface area contributed by atoms with E-state index in [1.165, 1.54) is 10.4 Å². The molecule has 8 nitrogen and oxygen atoms in total. The predicted octanol–water partition coefficient (Wildman–Crippen LogP) is 2.99. The number of benzene rings is 1. The lowest BCUT2D eigenvalue weighted by Gasteiger charge is -2.26. The summed E-state index contributed by atoms with van der Waals surface area (Å²) >= 11 is 0. The second-order valence-corrected chi connectivity index (χ2v) is 9.93. The fraction of sp³-hybridized carbons (Fsp3) is 0.348. The average Bonchev–Trinajstić information content (AvgIpc) is 3.24. The first-order chi connectivity index (χ1) is 15.4. The van der Waals surface area contributed by atoms with E-state index in [0.717, 1.165) is 42.0 Å². The van der Waals surface area contributed by atoms with Crippen LogP contribution in [0.4, 0.5) is 0 Å². The molecule has 0 saturated carbocycles. The van der Waals surface area contributed by atoms with E-state index in [1.54, 1.807) is 31.5 Å². The summed E-state index contributed by atoms with van der Waals surface area (Å²) in [5.41, 5.74) is 1.93. The Labute approximate surface area is 188 Å². The van der Waals surface area contributed by atoms with Crippen molar-refractivity contribution < 1.29 is 13.2 Å². The molecule has 1 aliphatic heterocycles. The molecule has 168 valence electrons. The summed E-state index contributed by atoms with van der Waals surface area (Å²) in [6, 6.07) is 8.52. The number of nitrogens with zero attached hydrogens (tertiary/aromatic N) is 4. The number of hydrogen-bond acceptors (Lipinski definition) is 5. The van der Waals surface area contributed by atoms with Crippen molar-refractivity contribution in [2.24, 2.45) is 0 Å². The smallest absolute Gasteiger partial charge is 0.251 e. The monoisotopic (exact) mass is 453 g/mol. The normalized spacial score (nSPS) is 14.9. The van der Waals surface area contributed by atoms with Crippen LogP contribution in [0.3, 0.4) is 0 Å². The van der Waals surface area contributed by atoms with E-state index in [9.17, 15) is 13.2 Å². The Kier molecular flexibility index (Phi) is 6.38. The van der Waals surface area contributed by atoms with E-state index in [1.807, 2.05) is 29.8 Å². The average molecular weight is 454 g/mol. The lowest BCUT2D eigenvalue weighted by molar-refractivity contribution is 0.0950. The zero-order chi connectivity index (χ0) is 22.7. The molecule has 3 aromatic rings. The largest absolute Gasteiger partial charge is 0.348 e. The molecule has 0 spiro atoms. The Morgan fingerprint density at radius 1 is 1.06 bits per heavy atom. The van der Waals surface area contributed by atoms with Crippen LogP contribution in [0.5, 0.6) is 0 Å². The minimum Gasteiger partial charge on any atom is -0.348 e. The Morgan fingerprint density at radius 2 is 1.84 bits per heavy atom. The molecule has 1 aliphatic rings. The molecule has 1 amide bonds. The number of nitrogens with one attached hydrogen (secondary N) is 1. The molecular weight excluding hydrogens is 426 g/mol. The SMILES string of the molecule is Cc1ccc(S(=O)(=O)N2CCCCC2)cc1C(=O)NCc1ccc(-n2ccnc2C)nc1. The molecule has 4 rings (SSSR count). The van der Waals surface area contributed by atoms with Crippen LogP contribution in [0, 0.1) is 13.8 Å². The second-order valence-electron chi connectivity index (χ2n) is 7.99. The molecule has 1 saturated heterocycles. The minimum atomic E-state index is -3.60. The summed E-state index contributed by atoms with van der Waals surface area (Å²) < 4.78 is 29.4. The van der Waals surface area contributed by atoms with Crippen molar-refractivity contribution in [3.63, 3.8) is 0 Å². The number of amides is 1. The van der Waals surface area contributed by atoms with Crippen LogP contribution in [-0.2, 0) is 16.6 Å². The van der Waals surface area contributed by atoms with E-state index in [0.29, 0.717) is 18.7 Å². The summed E-state index contributed by atoms with van der Waals surface area (Å²) in [4.78, 5) is 21.6. The van der Waals surface area contributed by atoms with Crippen LogP contribution >= 0.6 is 0 Å². The van der Waals surface area contributed by atoms with Crippen LogP contribution in [0.15, 0.2) is 53.8 Å². The fourth-order valence-electron chi connectivity index (χ4n) is 3.82. The van der Waals surface area contributed by atoms with Gasteiger partial charge in [-0.2, -0.15) is 4.31 Å². The molecular formula is C23H27N5O3S. The number of hydrogen-bond donors (Lipinski definition) is 1. The highest BCUT2D eigenvalue weighted by Gasteiger charge is 2.27. The molecule has 1 aromatic carbocycles. The molecule has 1 N–H and O–H groups in total. The molecule has 2 aromatic heterocycles. The number of sulfonamides is 1. The summed E-state index contributed by atoms with van der Waals surface area (Å²) in [7, 11) is -3.60. The van der Waals surface area contributed by atoms with Gasteiger partial charge in [0.15, 0.2) is 0 Å². The van der Waals surface area contributed by atoms with Crippen molar-refractivity contribution in [2.45, 2.75) is 44.6 Å². The molecule has 1 fully saturated rings. The van der Waals surface area contributed by atoms with Gasteiger partial charge in [0.05, 0.1) is 4.90 Å². The summed E-state index contributed by atoms with van der Waals surface area (Å²) in [6.07, 6.45) is 8.04. The van der Waals surface area contributed by atoms with Gasteiger partial charge in [0.1, 0.15) is 11.6 Å². The number of piperidine rings is 1. The van der Waals surface area contributed by atoms with Gasteiger partial charge in [0, 0.05) is 43.8 Å². The maximum Gasteiger partial charge on any atom is 0.251 e. The van der Waals surface area contributed by atoms with E-state index < -0.39 is 10.0 Å². The van der Waals surface area contributed by atoms with Gasteiger partial charge in [-0.15, -0.1) is 0 Å². The first kappa shape index (κ1) is 22.2. The molecule has 0 aliphatic carbocycles. The number of carbonyl (C=O) groups excluding carboxylic acids is 1. The number of rotatable bonds is 6. The number of pyridine rings is 1. The predicted molar refractivity (Wildman–Crippen MR) is 121 cm³/mol. The first-order valence-corrected chi connectivity index (χ1v) is 12.1. The van der Waals surface area contributed by atoms with Crippen LogP contribution < -0.4 is 5.32 Å². The number of aryl methyl sites for hydroxylation is 2. The molecule has 32 heavy (non-hydrogen) atoms. The van der Waals surface area contributed by atoms with E-state index in [4.69, 9.17) is 0 Å². The van der Waals surface area contributed by atoms with Crippen molar-refractivity contribution in [3.8, 4) is 5.82 Å². The van der Waals surface area contributed by atoms with Crippen LogP contribution in [0.2, 0.25) is 0 Å². The van der Waals surface area contributed by atoms with Crippen LogP contribution in [0.25, 0.3) is 5.82 Å².